The smallest absolute Gasteiger partial charge is 0.338 e. The van der Waals surface area contributed by atoms with Crippen LogP contribution in [0.15, 0.2) is 18.2 Å². The fourth-order valence-electron chi connectivity index (χ4n) is 1.31. The Bertz CT molecular complexity index is 311. The van der Waals surface area contributed by atoms with E-state index in [1.165, 1.54) is 0 Å². The first-order valence-electron chi connectivity index (χ1n) is 4.50. The van der Waals surface area contributed by atoms with Crippen molar-refractivity contribution in [1.29, 1.82) is 0 Å². The van der Waals surface area contributed by atoms with Crippen LogP contribution in [0, 0.1) is 13.8 Å². The number of carbonyl (C=O) groups is 1. The molecule has 1 rings (SSSR count). The van der Waals surface area contributed by atoms with Gasteiger partial charge in [0.2, 0.25) is 0 Å². The molecule has 1 aromatic rings. The van der Waals surface area contributed by atoms with Gasteiger partial charge in [-0.3, -0.25) is 0 Å². The predicted molar refractivity (Wildman–Crippen MR) is 53.3 cm³/mol. The van der Waals surface area contributed by atoms with Crippen LogP contribution in [0.3, 0.4) is 0 Å². The van der Waals surface area contributed by atoms with E-state index in [1.807, 2.05) is 19.9 Å². The second-order valence-corrected chi connectivity index (χ2v) is 3.24. The molecular weight excluding hydrogens is 180 g/mol. The summed E-state index contributed by atoms with van der Waals surface area (Å²) in [6.07, 6.45) is 0. The summed E-state index contributed by atoms with van der Waals surface area (Å²) in [6.45, 7) is 3.76. The normalized spacial score (nSPS) is 9.93. The van der Waals surface area contributed by atoms with E-state index in [9.17, 15) is 4.79 Å². The second kappa shape index (κ2) is 4.77. The Morgan fingerprint density at radius 3 is 2.36 bits per heavy atom. The van der Waals surface area contributed by atoms with Gasteiger partial charge in [-0.05, 0) is 26.0 Å². The van der Waals surface area contributed by atoms with Crippen molar-refractivity contribution >= 4 is 5.97 Å². The molecule has 0 radical (unpaired) electrons. The first kappa shape index (κ1) is 10.7. The van der Waals surface area contributed by atoms with E-state index in [4.69, 9.17) is 9.84 Å². The maximum atomic E-state index is 11.4. The number of esters is 1. The van der Waals surface area contributed by atoms with E-state index >= 15 is 0 Å². The Morgan fingerprint density at radius 1 is 1.29 bits per heavy atom. The molecule has 0 saturated heterocycles. The average molecular weight is 194 g/mol. The van der Waals surface area contributed by atoms with Crippen molar-refractivity contribution in [3.63, 3.8) is 0 Å². The number of carbonyl (C=O) groups excluding carboxylic acids is 1. The zero-order valence-corrected chi connectivity index (χ0v) is 8.41. The molecule has 0 unspecified atom stereocenters. The van der Waals surface area contributed by atoms with Crippen LogP contribution < -0.4 is 0 Å². The summed E-state index contributed by atoms with van der Waals surface area (Å²) in [5.41, 5.74) is 2.60. The Kier molecular flexibility index (Phi) is 3.65. The lowest BCUT2D eigenvalue weighted by molar-refractivity contribution is 0.0433. The van der Waals surface area contributed by atoms with Gasteiger partial charge >= 0.3 is 5.97 Å². The van der Waals surface area contributed by atoms with Gasteiger partial charge in [0.15, 0.2) is 0 Å². The summed E-state index contributed by atoms with van der Waals surface area (Å²) in [7, 11) is 0. The lowest BCUT2D eigenvalue weighted by atomic mass is 10.1. The van der Waals surface area contributed by atoms with Gasteiger partial charge in [-0.15, -0.1) is 0 Å². The SMILES string of the molecule is Cc1cc(C)cc(C(=O)OCCO)c1. The highest BCUT2D eigenvalue weighted by Gasteiger charge is 2.07. The molecule has 1 N–H and O–H groups in total. The van der Waals surface area contributed by atoms with E-state index in [1.54, 1.807) is 12.1 Å². The fraction of sp³-hybridized carbons (Fsp3) is 0.364. The number of aliphatic hydroxyl groups is 1. The van der Waals surface area contributed by atoms with Gasteiger partial charge in [0.1, 0.15) is 6.61 Å². The highest BCUT2D eigenvalue weighted by atomic mass is 16.5. The minimum atomic E-state index is -0.383. The molecule has 0 atom stereocenters. The summed E-state index contributed by atoms with van der Waals surface area (Å²) >= 11 is 0. The number of benzene rings is 1. The van der Waals surface area contributed by atoms with Crippen molar-refractivity contribution < 1.29 is 14.6 Å². The molecule has 0 aliphatic carbocycles. The molecule has 0 amide bonds. The van der Waals surface area contributed by atoms with E-state index < -0.39 is 0 Å². The zero-order valence-electron chi connectivity index (χ0n) is 8.41. The minimum Gasteiger partial charge on any atom is -0.460 e. The Balaban J connectivity index is 2.79. The summed E-state index contributed by atoms with van der Waals surface area (Å²) in [5.74, 6) is -0.383. The first-order valence-corrected chi connectivity index (χ1v) is 4.50. The molecule has 0 spiro atoms. The van der Waals surface area contributed by atoms with Crippen LogP contribution >= 0.6 is 0 Å². The molecule has 0 fully saturated rings. The van der Waals surface area contributed by atoms with Crippen molar-refractivity contribution in [2.24, 2.45) is 0 Å². The highest BCUT2D eigenvalue weighted by molar-refractivity contribution is 5.89. The predicted octanol–water partition coefficient (Wildman–Crippen LogP) is 1.45. The number of aliphatic hydroxyl groups excluding tert-OH is 1. The van der Waals surface area contributed by atoms with Crippen LogP contribution in [0.25, 0.3) is 0 Å². The van der Waals surface area contributed by atoms with Gasteiger partial charge in [0.05, 0.1) is 12.2 Å². The summed E-state index contributed by atoms with van der Waals surface area (Å²) in [4.78, 5) is 11.4. The van der Waals surface area contributed by atoms with Crippen molar-refractivity contribution in [3.8, 4) is 0 Å². The molecular formula is C11H14O3. The van der Waals surface area contributed by atoms with Gasteiger partial charge in [0.25, 0.3) is 0 Å². The Morgan fingerprint density at radius 2 is 1.86 bits per heavy atom. The third-order valence-corrected chi connectivity index (χ3v) is 1.78. The number of ether oxygens (including phenoxy) is 1. The van der Waals surface area contributed by atoms with E-state index in [0.29, 0.717) is 5.56 Å². The first-order chi connectivity index (χ1) is 6.63. The van der Waals surface area contributed by atoms with Crippen LogP contribution in [0.4, 0.5) is 0 Å². The molecule has 14 heavy (non-hydrogen) atoms. The lowest BCUT2D eigenvalue weighted by Gasteiger charge is -2.04. The van der Waals surface area contributed by atoms with Gasteiger partial charge in [0, 0.05) is 0 Å². The quantitative estimate of drug-likeness (QED) is 0.741. The molecule has 0 aliphatic heterocycles. The van der Waals surface area contributed by atoms with Crippen LogP contribution in [0.1, 0.15) is 21.5 Å². The number of aryl methyl sites for hydroxylation is 2. The molecule has 3 nitrogen and oxygen atoms in total. The number of hydrogen-bond donors (Lipinski definition) is 1. The van der Waals surface area contributed by atoms with Crippen LogP contribution in [0.2, 0.25) is 0 Å². The van der Waals surface area contributed by atoms with E-state index in [-0.39, 0.29) is 19.2 Å². The molecule has 0 aromatic heterocycles. The lowest BCUT2D eigenvalue weighted by Crippen LogP contribution is -2.09. The maximum absolute atomic E-state index is 11.4. The third kappa shape index (κ3) is 2.85. The van der Waals surface area contributed by atoms with Crippen LogP contribution in [-0.2, 0) is 4.74 Å². The Hall–Kier alpha value is -1.35. The van der Waals surface area contributed by atoms with Gasteiger partial charge in [-0.1, -0.05) is 17.2 Å². The van der Waals surface area contributed by atoms with Gasteiger partial charge in [-0.25, -0.2) is 4.79 Å². The summed E-state index contributed by atoms with van der Waals surface area (Å²) in [5, 5.41) is 8.49. The summed E-state index contributed by atoms with van der Waals surface area (Å²) in [6, 6.07) is 5.53. The van der Waals surface area contributed by atoms with Crippen molar-refractivity contribution in [2.45, 2.75) is 13.8 Å². The largest absolute Gasteiger partial charge is 0.460 e. The molecule has 3 heteroatoms. The maximum Gasteiger partial charge on any atom is 0.338 e. The monoisotopic (exact) mass is 194 g/mol. The molecule has 1 aromatic carbocycles. The third-order valence-electron chi connectivity index (χ3n) is 1.78. The van der Waals surface area contributed by atoms with Crippen molar-refractivity contribution in [1.82, 2.24) is 0 Å². The van der Waals surface area contributed by atoms with Crippen molar-refractivity contribution in [2.75, 3.05) is 13.2 Å². The van der Waals surface area contributed by atoms with Crippen molar-refractivity contribution in [3.05, 3.63) is 34.9 Å². The molecule has 0 bridgehead atoms. The zero-order chi connectivity index (χ0) is 10.6. The molecule has 76 valence electrons. The average Bonchev–Trinajstić information content (AvgIpc) is 2.12. The van der Waals surface area contributed by atoms with Gasteiger partial charge in [-0.2, -0.15) is 0 Å². The molecule has 0 heterocycles. The number of hydrogen-bond acceptors (Lipinski definition) is 3. The standard InChI is InChI=1S/C11H14O3/c1-8-5-9(2)7-10(6-8)11(13)14-4-3-12/h5-7,12H,3-4H2,1-2H3. The molecule has 0 aliphatic rings. The minimum absolute atomic E-state index is 0.0474. The Labute approximate surface area is 83.3 Å². The summed E-state index contributed by atoms with van der Waals surface area (Å²) < 4.78 is 4.80. The van der Waals surface area contributed by atoms with Crippen LogP contribution in [-0.4, -0.2) is 24.3 Å². The fourth-order valence-corrected chi connectivity index (χ4v) is 1.31. The van der Waals surface area contributed by atoms with E-state index in [0.717, 1.165) is 11.1 Å². The number of rotatable bonds is 3. The van der Waals surface area contributed by atoms with E-state index in [2.05, 4.69) is 0 Å². The highest BCUT2D eigenvalue weighted by Crippen LogP contribution is 2.09. The van der Waals surface area contributed by atoms with Crippen LogP contribution in [0.5, 0.6) is 0 Å². The van der Waals surface area contributed by atoms with Gasteiger partial charge < -0.3 is 9.84 Å². The molecule has 0 saturated carbocycles. The second-order valence-electron chi connectivity index (χ2n) is 3.24. The topological polar surface area (TPSA) is 46.5 Å².